The van der Waals surface area contributed by atoms with Crippen LogP contribution in [0.25, 0.3) is 0 Å². The molecule has 0 radical (unpaired) electrons. The van der Waals surface area contributed by atoms with Crippen molar-refractivity contribution in [1.29, 1.82) is 0 Å². The molecule has 0 fully saturated rings. The van der Waals surface area contributed by atoms with Crippen LogP contribution in [0.1, 0.15) is 19.4 Å². The Kier molecular flexibility index (Phi) is 6.12. The van der Waals surface area contributed by atoms with Crippen LogP contribution >= 0.6 is 15.9 Å². The van der Waals surface area contributed by atoms with E-state index in [-0.39, 0.29) is 4.90 Å². The molecular formula is C17H20BrNO4S. The number of hydrogen-bond donors (Lipinski definition) is 1. The predicted molar refractivity (Wildman–Crippen MR) is 98.5 cm³/mol. The first-order valence-electron chi connectivity index (χ1n) is 7.56. The van der Waals surface area contributed by atoms with Crippen molar-refractivity contribution in [2.24, 2.45) is 0 Å². The van der Waals surface area contributed by atoms with Crippen LogP contribution in [0.5, 0.6) is 11.5 Å². The van der Waals surface area contributed by atoms with Gasteiger partial charge in [-0.3, -0.25) is 4.72 Å². The molecule has 0 aliphatic heterocycles. The van der Waals surface area contributed by atoms with Crippen molar-refractivity contribution in [3.63, 3.8) is 0 Å². The third-order valence-corrected chi connectivity index (χ3v) is 5.21. The molecule has 2 aromatic rings. The monoisotopic (exact) mass is 413 g/mol. The number of hydrogen-bond acceptors (Lipinski definition) is 4. The van der Waals surface area contributed by atoms with Crippen molar-refractivity contribution < 1.29 is 17.9 Å². The van der Waals surface area contributed by atoms with Crippen LogP contribution in [0, 0.1) is 6.92 Å². The van der Waals surface area contributed by atoms with Gasteiger partial charge in [0.2, 0.25) is 0 Å². The molecule has 0 aromatic heterocycles. The van der Waals surface area contributed by atoms with Crippen molar-refractivity contribution in [3.05, 3.63) is 46.4 Å². The van der Waals surface area contributed by atoms with E-state index in [2.05, 4.69) is 20.7 Å². The third-order valence-electron chi connectivity index (χ3n) is 3.19. The zero-order chi connectivity index (χ0) is 17.7. The fourth-order valence-electron chi connectivity index (χ4n) is 2.11. The van der Waals surface area contributed by atoms with E-state index >= 15 is 0 Å². The van der Waals surface area contributed by atoms with Crippen molar-refractivity contribution in [2.75, 3.05) is 17.9 Å². The van der Waals surface area contributed by atoms with E-state index in [9.17, 15) is 8.42 Å². The summed E-state index contributed by atoms with van der Waals surface area (Å²) in [6.07, 6.45) is 0. The molecule has 0 amide bonds. The first-order chi connectivity index (χ1) is 11.4. The van der Waals surface area contributed by atoms with Gasteiger partial charge in [0.15, 0.2) is 11.5 Å². The number of sulfonamides is 1. The fourth-order valence-corrected chi connectivity index (χ4v) is 3.92. The Hall–Kier alpha value is -1.73. The Labute approximate surface area is 151 Å². The average Bonchev–Trinajstić information content (AvgIpc) is 2.52. The lowest BCUT2D eigenvalue weighted by atomic mass is 10.2. The quantitative estimate of drug-likeness (QED) is 0.732. The molecule has 0 saturated heterocycles. The van der Waals surface area contributed by atoms with Gasteiger partial charge in [-0.25, -0.2) is 8.42 Å². The molecule has 0 bridgehead atoms. The maximum Gasteiger partial charge on any atom is 0.262 e. The largest absolute Gasteiger partial charge is 0.490 e. The van der Waals surface area contributed by atoms with E-state index < -0.39 is 10.0 Å². The molecule has 5 nitrogen and oxygen atoms in total. The smallest absolute Gasteiger partial charge is 0.262 e. The Morgan fingerprint density at radius 1 is 1.00 bits per heavy atom. The minimum Gasteiger partial charge on any atom is -0.490 e. The van der Waals surface area contributed by atoms with Gasteiger partial charge in [0.05, 0.1) is 23.8 Å². The Bertz CT molecular complexity index is 821. The van der Waals surface area contributed by atoms with E-state index in [4.69, 9.17) is 9.47 Å². The van der Waals surface area contributed by atoms with Crippen molar-refractivity contribution in [3.8, 4) is 11.5 Å². The van der Waals surface area contributed by atoms with Crippen LogP contribution in [0.4, 0.5) is 5.69 Å². The molecule has 0 aliphatic rings. The second-order valence-corrected chi connectivity index (χ2v) is 7.60. The summed E-state index contributed by atoms with van der Waals surface area (Å²) in [5.74, 6) is 0.931. The van der Waals surface area contributed by atoms with E-state index in [0.717, 1.165) is 5.56 Å². The SMILES string of the molecule is CCOc1ccc(S(=O)(=O)Nc2ccc(C)cc2Br)cc1OCC. The molecular weight excluding hydrogens is 394 g/mol. The second kappa shape index (κ2) is 7.90. The van der Waals surface area contributed by atoms with Gasteiger partial charge in [-0.05, 0) is 66.5 Å². The minimum atomic E-state index is -3.74. The highest BCUT2D eigenvalue weighted by molar-refractivity contribution is 9.10. The summed E-state index contributed by atoms with van der Waals surface area (Å²) in [4.78, 5) is 0.113. The van der Waals surface area contributed by atoms with Gasteiger partial charge in [-0.15, -0.1) is 0 Å². The van der Waals surface area contributed by atoms with Crippen LogP contribution in [0.2, 0.25) is 0 Å². The number of nitrogens with one attached hydrogen (secondary N) is 1. The topological polar surface area (TPSA) is 64.6 Å². The van der Waals surface area contributed by atoms with Gasteiger partial charge in [0.1, 0.15) is 0 Å². The summed E-state index contributed by atoms with van der Waals surface area (Å²) in [6, 6.07) is 9.98. The molecule has 0 heterocycles. The molecule has 0 saturated carbocycles. The molecule has 7 heteroatoms. The number of benzene rings is 2. The Balaban J connectivity index is 2.36. The molecule has 24 heavy (non-hydrogen) atoms. The summed E-state index contributed by atoms with van der Waals surface area (Å²) >= 11 is 3.37. The second-order valence-electron chi connectivity index (χ2n) is 5.06. The van der Waals surface area contributed by atoms with Gasteiger partial charge < -0.3 is 9.47 Å². The van der Waals surface area contributed by atoms with E-state index in [0.29, 0.717) is 34.9 Å². The standard InChI is InChI=1S/C17H20BrNO4S/c1-4-22-16-9-7-13(11-17(16)23-5-2)24(20,21)19-15-8-6-12(3)10-14(15)18/h6-11,19H,4-5H2,1-3H3. The number of anilines is 1. The van der Waals surface area contributed by atoms with Crippen LogP contribution < -0.4 is 14.2 Å². The minimum absolute atomic E-state index is 0.113. The van der Waals surface area contributed by atoms with Crippen LogP contribution in [0.15, 0.2) is 45.8 Å². The summed E-state index contributed by atoms with van der Waals surface area (Å²) in [6.45, 7) is 6.51. The first-order valence-corrected chi connectivity index (χ1v) is 9.83. The van der Waals surface area contributed by atoms with Gasteiger partial charge in [-0.2, -0.15) is 0 Å². The van der Waals surface area contributed by atoms with Gasteiger partial charge in [0.25, 0.3) is 10.0 Å². The van der Waals surface area contributed by atoms with E-state index in [1.807, 2.05) is 32.9 Å². The predicted octanol–water partition coefficient (Wildman–Crippen LogP) is 4.36. The highest BCUT2D eigenvalue weighted by Gasteiger charge is 2.18. The molecule has 0 unspecified atom stereocenters. The zero-order valence-electron chi connectivity index (χ0n) is 13.8. The zero-order valence-corrected chi connectivity index (χ0v) is 16.2. The normalized spacial score (nSPS) is 11.2. The van der Waals surface area contributed by atoms with Gasteiger partial charge in [0, 0.05) is 10.5 Å². The first kappa shape index (κ1) is 18.6. The van der Waals surface area contributed by atoms with Crippen LogP contribution in [-0.4, -0.2) is 21.6 Å². The lowest BCUT2D eigenvalue weighted by Crippen LogP contribution is -2.13. The van der Waals surface area contributed by atoms with Crippen molar-refractivity contribution in [2.45, 2.75) is 25.7 Å². The van der Waals surface area contributed by atoms with Gasteiger partial charge >= 0.3 is 0 Å². The average molecular weight is 414 g/mol. The molecule has 1 N–H and O–H groups in total. The highest BCUT2D eigenvalue weighted by atomic mass is 79.9. The van der Waals surface area contributed by atoms with Crippen LogP contribution in [0.3, 0.4) is 0 Å². The summed E-state index contributed by atoms with van der Waals surface area (Å²) < 4.78 is 39.5. The molecule has 2 rings (SSSR count). The highest BCUT2D eigenvalue weighted by Crippen LogP contribution is 2.32. The molecule has 0 atom stereocenters. The summed E-state index contributed by atoms with van der Waals surface area (Å²) in [5.41, 5.74) is 1.51. The van der Waals surface area contributed by atoms with Gasteiger partial charge in [-0.1, -0.05) is 6.07 Å². The maximum atomic E-state index is 12.6. The maximum absolute atomic E-state index is 12.6. The molecule has 0 aliphatic carbocycles. The Morgan fingerprint density at radius 3 is 2.29 bits per heavy atom. The number of rotatable bonds is 7. The van der Waals surface area contributed by atoms with E-state index in [1.54, 1.807) is 12.1 Å². The van der Waals surface area contributed by atoms with E-state index in [1.165, 1.54) is 12.1 Å². The fraction of sp³-hybridized carbons (Fsp3) is 0.294. The third kappa shape index (κ3) is 4.42. The van der Waals surface area contributed by atoms with Crippen LogP contribution in [-0.2, 0) is 10.0 Å². The number of ether oxygens (including phenoxy) is 2. The van der Waals surface area contributed by atoms with Crippen molar-refractivity contribution in [1.82, 2.24) is 0 Å². The summed E-state index contributed by atoms with van der Waals surface area (Å²) in [7, 11) is -3.74. The Morgan fingerprint density at radius 2 is 1.67 bits per heavy atom. The number of aryl methyl sites for hydroxylation is 1. The molecule has 130 valence electrons. The molecule has 2 aromatic carbocycles. The summed E-state index contributed by atoms with van der Waals surface area (Å²) in [5, 5.41) is 0. The van der Waals surface area contributed by atoms with Crippen molar-refractivity contribution >= 4 is 31.6 Å². The number of halogens is 1. The lowest BCUT2D eigenvalue weighted by Gasteiger charge is -2.14. The lowest BCUT2D eigenvalue weighted by molar-refractivity contribution is 0.287. The molecule has 0 spiro atoms.